The van der Waals surface area contributed by atoms with Gasteiger partial charge in [0.2, 0.25) is 5.95 Å². The molecule has 2 aromatic carbocycles. The van der Waals surface area contributed by atoms with E-state index in [2.05, 4.69) is 27.3 Å². The molecule has 0 aliphatic heterocycles. The number of hydrogen-bond donors (Lipinski definition) is 1. The zero-order chi connectivity index (χ0) is 24.4. The van der Waals surface area contributed by atoms with Crippen LogP contribution in [-0.2, 0) is 13.1 Å². The van der Waals surface area contributed by atoms with Crippen LogP contribution in [0.1, 0.15) is 11.1 Å². The van der Waals surface area contributed by atoms with E-state index >= 15 is 0 Å². The summed E-state index contributed by atoms with van der Waals surface area (Å²) in [5.74, 6) is 0.213. The number of imidazole rings is 1. The summed E-state index contributed by atoms with van der Waals surface area (Å²) in [7, 11) is 4.06. The van der Waals surface area contributed by atoms with Crippen LogP contribution in [0.5, 0.6) is 0 Å². The Kier molecular flexibility index (Phi) is 6.44. The number of nitrogens with zero attached hydrogens (tertiary/aromatic N) is 5. The van der Waals surface area contributed by atoms with Gasteiger partial charge in [-0.3, -0.25) is 4.40 Å². The van der Waals surface area contributed by atoms with Gasteiger partial charge in [-0.25, -0.2) is 19.3 Å². The van der Waals surface area contributed by atoms with Gasteiger partial charge >= 0.3 is 0 Å². The van der Waals surface area contributed by atoms with E-state index in [9.17, 15) is 4.39 Å². The summed E-state index contributed by atoms with van der Waals surface area (Å²) in [6, 6.07) is 20.0. The predicted molar refractivity (Wildman–Crippen MR) is 138 cm³/mol. The number of halogens is 2. The maximum Gasteiger partial charge on any atom is 0.223 e. The van der Waals surface area contributed by atoms with Crippen LogP contribution in [0.15, 0.2) is 79.1 Å². The van der Waals surface area contributed by atoms with E-state index in [1.807, 2.05) is 55.0 Å². The minimum Gasteiger partial charge on any atom is -0.350 e. The van der Waals surface area contributed by atoms with Crippen molar-refractivity contribution in [3.05, 3.63) is 101 Å². The molecule has 0 aliphatic rings. The number of rotatable bonds is 7. The third kappa shape index (κ3) is 5.16. The highest BCUT2D eigenvalue weighted by atomic mass is 35.5. The minimum absolute atomic E-state index is 0.289. The average Bonchev–Trinajstić information content (AvgIpc) is 3.23. The summed E-state index contributed by atoms with van der Waals surface area (Å²) in [4.78, 5) is 16.2. The van der Waals surface area contributed by atoms with Crippen molar-refractivity contribution in [2.45, 2.75) is 13.1 Å². The van der Waals surface area contributed by atoms with Crippen molar-refractivity contribution in [1.82, 2.24) is 24.3 Å². The third-order valence-corrected chi connectivity index (χ3v) is 5.82. The van der Waals surface area contributed by atoms with Crippen LogP contribution in [0.2, 0.25) is 5.02 Å². The molecule has 6 nitrogen and oxygen atoms in total. The van der Waals surface area contributed by atoms with Crippen LogP contribution in [0.25, 0.3) is 28.3 Å². The first-order chi connectivity index (χ1) is 17.0. The van der Waals surface area contributed by atoms with E-state index in [1.165, 1.54) is 12.1 Å². The molecule has 0 saturated carbocycles. The van der Waals surface area contributed by atoms with Crippen LogP contribution in [-0.4, -0.2) is 38.3 Å². The van der Waals surface area contributed by atoms with E-state index in [0.717, 1.165) is 40.3 Å². The average molecular weight is 487 g/mol. The van der Waals surface area contributed by atoms with Gasteiger partial charge in [-0.05, 0) is 79.8 Å². The zero-order valence-corrected chi connectivity index (χ0v) is 20.2. The van der Waals surface area contributed by atoms with E-state index < -0.39 is 0 Å². The topological polar surface area (TPSA) is 58.4 Å². The van der Waals surface area contributed by atoms with Gasteiger partial charge in [-0.1, -0.05) is 23.7 Å². The first-order valence-corrected chi connectivity index (χ1v) is 11.6. The minimum atomic E-state index is -0.289. The molecule has 5 rings (SSSR count). The molecule has 5 aromatic rings. The Morgan fingerprint density at radius 1 is 0.943 bits per heavy atom. The number of fused-ring (bicyclic) bond motifs is 1. The van der Waals surface area contributed by atoms with Crippen molar-refractivity contribution >= 4 is 23.2 Å². The maximum atomic E-state index is 13.6. The van der Waals surface area contributed by atoms with Gasteiger partial charge in [0.05, 0.1) is 17.1 Å². The molecule has 0 bridgehead atoms. The van der Waals surface area contributed by atoms with E-state index in [0.29, 0.717) is 23.2 Å². The lowest BCUT2D eigenvalue weighted by Gasteiger charge is -2.11. The standard InChI is InChI=1S/C27H24ClFN6/c1-34(2)17-19-12-14-35-24(15-19)33-25(20-5-9-22(29)10-6-20)26(35)23-11-13-30-27(32-23)31-16-18-3-7-21(28)8-4-18/h3-15H,16-17H2,1-2H3,(H,30,31,32). The first kappa shape index (κ1) is 23.0. The molecule has 3 heterocycles. The molecule has 35 heavy (non-hydrogen) atoms. The number of benzene rings is 2. The van der Waals surface area contributed by atoms with Gasteiger partial charge in [0.15, 0.2) is 0 Å². The molecule has 0 fully saturated rings. The quantitative estimate of drug-likeness (QED) is 0.309. The molecule has 3 aromatic heterocycles. The Hall–Kier alpha value is -3.81. The molecule has 0 atom stereocenters. The van der Waals surface area contributed by atoms with E-state index in [1.54, 1.807) is 18.3 Å². The number of aromatic nitrogens is 4. The second-order valence-electron chi connectivity index (χ2n) is 8.56. The first-order valence-electron chi connectivity index (χ1n) is 11.2. The smallest absolute Gasteiger partial charge is 0.223 e. The Balaban J connectivity index is 1.56. The van der Waals surface area contributed by atoms with Gasteiger partial charge in [0, 0.05) is 36.1 Å². The number of nitrogens with one attached hydrogen (secondary N) is 1. The second kappa shape index (κ2) is 9.82. The molecule has 0 spiro atoms. The van der Waals surface area contributed by atoms with Gasteiger partial charge in [-0.15, -0.1) is 0 Å². The van der Waals surface area contributed by atoms with Crippen molar-refractivity contribution in [1.29, 1.82) is 0 Å². The Morgan fingerprint density at radius 2 is 1.71 bits per heavy atom. The van der Waals surface area contributed by atoms with Gasteiger partial charge in [0.1, 0.15) is 11.5 Å². The van der Waals surface area contributed by atoms with Crippen LogP contribution >= 0.6 is 11.6 Å². The number of anilines is 1. The van der Waals surface area contributed by atoms with E-state index in [-0.39, 0.29) is 5.82 Å². The molecule has 0 radical (unpaired) electrons. The summed E-state index contributed by atoms with van der Waals surface area (Å²) in [5, 5.41) is 3.97. The summed E-state index contributed by atoms with van der Waals surface area (Å²) in [5.41, 5.74) is 6.10. The van der Waals surface area contributed by atoms with Crippen LogP contribution in [0.3, 0.4) is 0 Å². The van der Waals surface area contributed by atoms with Gasteiger partial charge in [-0.2, -0.15) is 0 Å². The number of pyridine rings is 1. The summed E-state index contributed by atoms with van der Waals surface area (Å²) < 4.78 is 15.7. The van der Waals surface area contributed by atoms with Crippen molar-refractivity contribution in [3.63, 3.8) is 0 Å². The molecule has 8 heteroatoms. The lowest BCUT2D eigenvalue weighted by Crippen LogP contribution is -2.10. The maximum absolute atomic E-state index is 13.6. The lowest BCUT2D eigenvalue weighted by atomic mass is 10.1. The van der Waals surface area contributed by atoms with Crippen molar-refractivity contribution < 1.29 is 4.39 Å². The van der Waals surface area contributed by atoms with E-state index in [4.69, 9.17) is 21.6 Å². The Bertz CT molecular complexity index is 1460. The predicted octanol–water partition coefficient (Wildman–Crippen LogP) is 5.92. The second-order valence-corrected chi connectivity index (χ2v) is 9.00. The van der Waals surface area contributed by atoms with Gasteiger partial charge in [0.25, 0.3) is 0 Å². The molecule has 0 amide bonds. The van der Waals surface area contributed by atoms with Crippen LogP contribution in [0.4, 0.5) is 10.3 Å². The Labute approximate surface area is 208 Å². The van der Waals surface area contributed by atoms with Gasteiger partial charge < -0.3 is 10.2 Å². The molecule has 1 N–H and O–H groups in total. The molecule has 0 unspecified atom stereocenters. The summed E-state index contributed by atoms with van der Waals surface area (Å²) in [6.45, 7) is 1.36. The SMILES string of the molecule is CN(C)Cc1ccn2c(-c3ccnc(NCc4ccc(Cl)cc4)n3)c(-c3ccc(F)cc3)nc2c1. The molecular weight excluding hydrogens is 463 g/mol. The zero-order valence-electron chi connectivity index (χ0n) is 19.4. The highest BCUT2D eigenvalue weighted by Crippen LogP contribution is 2.32. The summed E-state index contributed by atoms with van der Waals surface area (Å²) in [6.07, 6.45) is 3.73. The fourth-order valence-corrected chi connectivity index (χ4v) is 4.09. The van der Waals surface area contributed by atoms with Crippen molar-refractivity contribution in [2.75, 3.05) is 19.4 Å². The largest absolute Gasteiger partial charge is 0.350 e. The van der Waals surface area contributed by atoms with Crippen molar-refractivity contribution in [3.8, 4) is 22.6 Å². The normalized spacial score (nSPS) is 11.3. The molecule has 0 aliphatic carbocycles. The monoisotopic (exact) mass is 486 g/mol. The van der Waals surface area contributed by atoms with Crippen LogP contribution in [0, 0.1) is 5.82 Å². The lowest BCUT2D eigenvalue weighted by molar-refractivity contribution is 0.402. The Morgan fingerprint density at radius 3 is 2.46 bits per heavy atom. The fourth-order valence-electron chi connectivity index (χ4n) is 3.96. The molecule has 176 valence electrons. The highest BCUT2D eigenvalue weighted by molar-refractivity contribution is 6.30. The number of hydrogen-bond acceptors (Lipinski definition) is 5. The molecular formula is C27H24ClFN6. The summed E-state index contributed by atoms with van der Waals surface area (Å²) >= 11 is 5.99. The fraction of sp³-hybridized carbons (Fsp3) is 0.148. The third-order valence-electron chi connectivity index (χ3n) is 5.57. The van der Waals surface area contributed by atoms with Crippen molar-refractivity contribution in [2.24, 2.45) is 0 Å². The molecule has 0 saturated heterocycles. The van der Waals surface area contributed by atoms with Crippen LogP contribution < -0.4 is 5.32 Å². The highest BCUT2D eigenvalue weighted by Gasteiger charge is 2.18.